The van der Waals surface area contributed by atoms with E-state index >= 15 is 0 Å². The van der Waals surface area contributed by atoms with Crippen LogP contribution in [0, 0.1) is 5.41 Å². The first-order valence-electron chi connectivity index (χ1n) is 10.2. The van der Waals surface area contributed by atoms with Crippen LogP contribution >= 0.6 is 0 Å². The molecule has 2 aromatic carbocycles. The maximum absolute atomic E-state index is 13.3. The van der Waals surface area contributed by atoms with Crippen molar-refractivity contribution in [2.24, 2.45) is 5.41 Å². The number of rotatable bonds is 6. The fraction of sp³-hybridized carbons (Fsp3) is 0.417. The Kier molecular flexibility index (Phi) is 6.73. The second kappa shape index (κ2) is 9.06. The summed E-state index contributed by atoms with van der Waals surface area (Å²) in [4.78, 5) is 0.386. The van der Waals surface area contributed by atoms with Crippen LogP contribution in [-0.4, -0.2) is 25.3 Å². The molecule has 28 heavy (non-hydrogen) atoms. The van der Waals surface area contributed by atoms with Crippen LogP contribution in [0.4, 0.5) is 0 Å². The molecular formula is C24H31NO2S. The highest BCUT2D eigenvalue weighted by Crippen LogP contribution is 2.36. The molecule has 1 saturated heterocycles. The maximum Gasteiger partial charge on any atom is 0.243 e. The van der Waals surface area contributed by atoms with Crippen molar-refractivity contribution in [1.29, 1.82) is 0 Å². The number of sulfonamides is 1. The van der Waals surface area contributed by atoms with Gasteiger partial charge in [0.2, 0.25) is 10.0 Å². The monoisotopic (exact) mass is 397 g/mol. The molecular weight excluding hydrogens is 366 g/mol. The zero-order valence-electron chi connectivity index (χ0n) is 16.9. The SMILES string of the molecule is CC1(C)CCCN(S(=O)(=O)c2ccccc2)C(C=CCCc2ccccc2)C1. The van der Waals surface area contributed by atoms with Gasteiger partial charge in [-0.15, -0.1) is 0 Å². The predicted molar refractivity (Wildman–Crippen MR) is 116 cm³/mol. The van der Waals surface area contributed by atoms with Crippen molar-refractivity contribution < 1.29 is 8.42 Å². The van der Waals surface area contributed by atoms with Gasteiger partial charge in [-0.05, 0) is 55.2 Å². The zero-order chi connectivity index (χ0) is 20.0. The summed E-state index contributed by atoms with van der Waals surface area (Å²) in [5.74, 6) is 0. The molecule has 0 radical (unpaired) electrons. The van der Waals surface area contributed by atoms with Crippen molar-refractivity contribution in [1.82, 2.24) is 4.31 Å². The Morgan fingerprint density at radius 1 is 1.04 bits per heavy atom. The topological polar surface area (TPSA) is 37.4 Å². The Morgan fingerprint density at radius 2 is 1.68 bits per heavy atom. The zero-order valence-corrected chi connectivity index (χ0v) is 17.7. The van der Waals surface area contributed by atoms with Gasteiger partial charge in [-0.1, -0.05) is 74.5 Å². The summed E-state index contributed by atoms with van der Waals surface area (Å²) >= 11 is 0. The molecule has 3 rings (SSSR count). The lowest BCUT2D eigenvalue weighted by molar-refractivity contribution is 0.282. The van der Waals surface area contributed by atoms with Gasteiger partial charge in [0.15, 0.2) is 0 Å². The summed E-state index contributed by atoms with van der Waals surface area (Å²) in [7, 11) is -3.49. The molecule has 1 aliphatic rings. The summed E-state index contributed by atoms with van der Waals surface area (Å²) in [6.07, 6.45) is 8.96. The van der Waals surface area contributed by atoms with Gasteiger partial charge in [-0.2, -0.15) is 4.31 Å². The third-order valence-electron chi connectivity index (χ3n) is 5.51. The largest absolute Gasteiger partial charge is 0.243 e. The van der Waals surface area contributed by atoms with Crippen molar-refractivity contribution in [3.05, 3.63) is 78.4 Å². The van der Waals surface area contributed by atoms with E-state index in [0.29, 0.717) is 11.4 Å². The van der Waals surface area contributed by atoms with Crippen molar-refractivity contribution in [2.75, 3.05) is 6.54 Å². The molecule has 1 atom stereocenters. The van der Waals surface area contributed by atoms with Gasteiger partial charge in [0.1, 0.15) is 0 Å². The third-order valence-corrected chi connectivity index (χ3v) is 7.45. The van der Waals surface area contributed by atoms with Gasteiger partial charge in [0.25, 0.3) is 0 Å². The van der Waals surface area contributed by atoms with E-state index in [-0.39, 0.29) is 11.5 Å². The van der Waals surface area contributed by atoms with E-state index in [1.54, 1.807) is 28.6 Å². The molecule has 0 amide bonds. The first-order chi connectivity index (χ1) is 13.4. The number of hydrogen-bond donors (Lipinski definition) is 0. The normalized spacial score (nSPS) is 20.9. The Labute approximate surface area is 170 Å². The lowest BCUT2D eigenvalue weighted by Gasteiger charge is -2.30. The molecule has 1 aliphatic heterocycles. The minimum Gasteiger partial charge on any atom is -0.207 e. The van der Waals surface area contributed by atoms with Crippen LogP contribution in [-0.2, 0) is 16.4 Å². The van der Waals surface area contributed by atoms with E-state index in [2.05, 4.69) is 50.3 Å². The molecule has 1 unspecified atom stereocenters. The van der Waals surface area contributed by atoms with Crippen LogP contribution in [0.1, 0.15) is 45.1 Å². The smallest absolute Gasteiger partial charge is 0.207 e. The highest BCUT2D eigenvalue weighted by molar-refractivity contribution is 7.89. The van der Waals surface area contributed by atoms with Crippen LogP contribution in [0.3, 0.4) is 0 Å². The van der Waals surface area contributed by atoms with E-state index in [0.717, 1.165) is 32.1 Å². The van der Waals surface area contributed by atoms with E-state index < -0.39 is 10.0 Å². The first kappa shape index (κ1) is 20.8. The quantitative estimate of drug-likeness (QED) is 0.608. The summed E-state index contributed by atoms with van der Waals surface area (Å²) in [6, 6.07) is 19.1. The molecule has 0 aliphatic carbocycles. The Bertz CT molecular complexity index is 873. The Balaban J connectivity index is 1.79. The highest BCUT2D eigenvalue weighted by Gasteiger charge is 2.36. The van der Waals surface area contributed by atoms with Gasteiger partial charge in [-0.3, -0.25) is 0 Å². The Hall–Kier alpha value is -1.91. The van der Waals surface area contributed by atoms with Crippen LogP contribution in [0.5, 0.6) is 0 Å². The Morgan fingerprint density at radius 3 is 2.36 bits per heavy atom. The summed E-state index contributed by atoms with van der Waals surface area (Å²) in [5, 5.41) is 0. The van der Waals surface area contributed by atoms with E-state index in [1.165, 1.54) is 5.56 Å². The van der Waals surface area contributed by atoms with Crippen molar-refractivity contribution >= 4 is 10.0 Å². The molecule has 0 bridgehead atoms. The standard InChI is InChI=1S/C24H31NO2S/c1-24(2)18-11-19-25(28(26,27)23-16-7-4-8-17-23)22(20-24)15-10-9-14-21-12-5-3-6-13-21/h3-8,10,12-13,15-17,22H,9,11,14,18-20H2,1-2H3. The predicted octanol–water partition coefficient (Wildman–Crippen LogP) is 5.45. The maximum atomic E-state index is 13.3. The van der Waals surface area contributed by atoms with E-state index in [9.17, 15) is 8.42 Å². The fourth-order valence-electron chi connectivity index (χ4n) is 3.99. The number of aryl methyl sites for hydroxylation is 1. The number of allylic oxidation sites excluding steroid dienone is 1. The summed E-state index contributed by atoms with van der Waals surface area (Å²) < 4.78 is 28.3. The molecule has 0 spiro atoms. The molecule has 0 aromatic heterocycles. The van der Waals surface area contributed by atoms with Crippen LogP contribution in [0.25, 0.3) is 0 Å². The number of nitrogens with zero attached hydrogens (tertiary/aromatic N) is 1. The molecule has 1 heterocycles. The molecule has 150 valence electrons. The molecule has 0 saturated carbocycles. The van der Waals surface area contributed by atoms with Gasteiger partial charge < -0.3 is 0 Å². The summed E-state index contributed by atoms with van der Waals surface area (Å²) in [6.45, 7) is 5.07. The molecule has 3 nitrogen and oxygen atoms in total. The molecule has 1 fully saturated rings. The second-order valence-corrected chi connectivity index (χ2v) is 10.3. The van der Waals surface area contributed by atoms with Crippen LogP contribution in [0.2, 0.25) is 0 Å². The number of hydrogen-bond acceptors (Lipinski definition) is 2. The fourth-order valence-corrected chi connectivity index (χ4v) is 5.63. The minimum atomic E-state index is -3.49. The van der Waals surface area contributed by atoms with Crippen LogP contribution < -0.4 is 0 Å². The number of benzene rings is 2. The average Bonchev–Trinajstić information content (AvgIpc) is 2.84. The van der Waals surface area contributed by atoms with E-state index in [1.807, 2.05) is 12.1 Å². The molecule has 0 N–H and O–H groups in total. The van der Waals surface area contributed by atoms with Gasteiger partial charge in [0, 0.05) is 12.6 Å². The molecule has 4 heteroatoms. The second-order valence-electron chi connectivity index (χ2n) is 8.42. The lowest BCUT2D eigenvalue weighted by atomic mass is 9.83. The first-order valence-corrected chi connectivity index (χ1v) is 11.6. The van der Waals surface area contributed by atoms with Crippen LogP contribution in [0.15, 0.2) is 77.7 Å². The van der Waals surface area contributed by atoms with Crippen molar-refractivity contribution in [2.45, 2.75) is 56.9 Å². The van der Waals surface area contributed by atoms with Gasteiger partial charge in [0.05, 0.1) is 4.90 Å². The van der Waals surface area contributed by atoms with Crippen molar-refractivity contribution in [3.8, 4) is 0 Å². The average molecular weight is 398 g/mol. The highest BCUT2D eigenvalue weighted by atomic mass is 32.2. The van der Waals surface area contributed by atoms with Gasteiger partial charge in [-0.25, -0.2) is 8.42 Å². The van der Waals surface area contributed by atoms with E-state index in [4.69, 9.17) is 0 Å². The summed E-state index contributed by atoms with van der Waals surface area (Å²) in [5.41, 5.74) is 1.44. The van der Waals surface area contributed by atoms with Crippen molar-refractivity contribution in [3.63, 3.8) is 0 Å². The lowest BCUT2D eigenvalue weighted by Crippen LogP contribution is -2.39. The minimum absolute atomic E-state index is 0.0986. The van der Waals surface area contributed by atoms with Gasteiger partial charge >= 0.3 is 0 Å². The molecule has 2 aromatic rings. The third kappa shape index (κ3) is 5.33.